The molecular formula is C23H31NO4S. The van der Waals surface area contributed by atoms with Gasteiger partial charge in [-0.1, -0.05) is 12.1 Å². The highest BCUT2D eigenvalue weighted by Crippen LogP contribution is 2.55. The highest BCUT2D eigenvalue weighted by Gasteiger charge is 2.51. The molecule has 0 heterocycles. The topological polar surface area (TPSA) is 64.6 Å². The third-order valence-corrected chi connectivity index (χ3v) is 7.65. The van der Waals surface area contributed by atoms with Crippen molar-refractivity contribution in [2.45, 2.75) is 55.9 Å². The van der Waals surface area contributed by atoms with Crippen LogP contribution in [0.25, 0.3) is 0 Å². The van der Waals surface area contributed by atoms with E-state index in [0.29, 0.717) is 24.5 Å². The van der Waals surface area contributed by atoms with Crippen molar-refractivity contribution in [2.75, 3.05) is 25.6 Å². The molecular weight excluding hydrogens is 386 g/mol. The van der Waals surface area contributed by atoms with Crippen LogP contribution < -0.4 is 5.32 Å². The summed E-state index contributed by atoms with van der Waals surface area (Å²) in [6.07, 6.45) is 7.54. The molecule has 5 rings (SSSR count). The van der Waals surface area contributed by atoms with Gasteiger partial charge in [0.15, 0.2) is 0 Å². The summed E-state index contributed by atoms with van der Waals surface area (Å²) in [5.41, 5.74) is 0.543. The molecule has 0 unspecified atom stereocenters. The van der Waals surface area contributed by atoms with E-state index in [1.54, 1.807) is 6.07 Å². The Morgan fingerprint density at radius 1 is 1.07 bits per heavy atom. The van der Waals surface area contributed by atoms with Crippen LogP contribution in [0.15, 0.2) is 29.2 Å². The van der Waals surface area contributed by atoms with Gasteiger partial charge < -0.3 is 14.8 Å². The Labute approximate surface area is 177 Å². The molecule has 0 saturated heterocycles. The van der Waals surface area contributed by atoms with Gasteiger partial charge in [-0.2, -0.15) is 0 Å². The molecule has 1 aromatic carbocycles. The lowest BCUT2D eigenvalue weighted by atomic mass is 9.53. The average Bonchev–Trinajstić information content (AvgIpc) is 2.68. The summed E-state index contributed by atoms with van der Waals surface area (Å²) in [4.78, 5) is 25.9. The smallest absolute Gasteiger partial charge is 0.339 e. The first-order valence-electron chi connectivity index (χ1n) is 10.8. The van der Waals surface area contributed by atoms with Crippen molar-refractivity contribution in [3.8, 4) is 0 Å². The predicted octanol–water partition coefficient (Wildman–Crippen LogP) is 4.06. The van der Waals surface area contributed by atoms with E-state index in [1.165, 1.54) is 31.0 Å². The van der Waals surface area contributed by atoms with E-state index in [9.17, 15) is 9.59 Å². The lowest BCUT2D eigenvalue weighted by molar-refractivity contribution is -0.124. The Bertz CT molecular complexity index is 715. The van der Waals surface area contributed by atoms with Gasteiger partial charge >= 0.3 is 5.97 Å². The van der Waals surface area contributed by atoms with Gasteiger partial charge in [0.2, 0.25) is 5.91 Å². The van der Waals surface area contributed by atoms with Crippen molar-refractivity contribution >= 4 is 23.6 Å². The van der Waals surface area contributed by atoms with Gasteiger partial charge in [-0.3, -0.25) is 4.79 Å². The Morgan fingerprint density at radius 2 is 1.72 bits per heavy atom. The van der Waals surface area contributed by atoms with Gasteiger partial charge in [-0.15, -0.1) is 11.8 Å². The van der Waals surface area contributed by atoms with Gasteiger partial charge in [-0.25, -0.2) is 4.79 Å². The summed E-state index contributed by atoms with van der Waals surface area (Å²) in [6, 6.07) is 7.33. The monoisotopic (exact) mass is 417 g/mol. The van der Waals surface area contributed by atoms with Crippen LogP contribution in [0.3, 0.4) is 0 Å². The Balaban J connectivity index is 1.31. The molecule has 5 nitrogen and oxygen atoms in total. The lowest BCUT2D eigenvalue weighted by Gasteiger charge is -2.56. The maximum atomic E-state index is 12.8. The number of benzene rings is 1. The minimum absolute atomic E-state index is 0.0319. The first kappa shape index (κ1) is 20.7. The van der Waals surface area contributed by atoms with E-state index in [-0.39, 0.29) is 24.0 Å². The van der Waals surface area contributed by atoms with E-state index in [2.05, 4.69) is 5.32 Å². The largest absolute Gasteiger partial charge is 0.460 e. The van der Waals surface area contributed by atoms with E-state index in [0.717, 1.165) is 41.9 Å². The summed E-state index contributed by atoms with van der Waals surface area (Å²) in [6.45, 7) is 3.13. The summed E-state index contributed by atoms with van der Waals surface area (Å²) in [5.74, 6) is 2.46. The molecule has 4 aliphatic carbocycles. The molecule has 29 heavy (non-hydrogen) atoms. The summed E-state index contributed by atoms with van der Waals surface area (Å²) >= 11 is 1.41. The van der Waals surface area contributed by atoms with Crippen LogP contribution in [0.2, 0.25) is 0 Å². The van der Waals surface area contributed by atoms with Gasteiger partial charge in [0.25, 0.3) is 0 Å². The molecule has 4 saturated carbocycles. The summed E-state index contributed by atoms with van der Waals surface area (Å²) in [7, 11) is 0. The Kier molecular flexibility index (Phi) is 6.50. The maximum absolute atomic E-state index is 12.8. The molecule has 0 aromatic heterocycles. The van der Waals surface area contributed by atoms with Crippen LogP contribution in [-0.2, 0) is 14.3 Å². The number of esters is 1. The number of hydrogen-bond acceptors (Lipinski definition) is 5. The fraction of sp³-hybridized carbons (Fsp3) is 0.652. The Morgan fingerprint density at radius 3 is 2.38 bits per heavy atom. The number of carbonyl (C=O) groups is 2. The highest BCUT2D eigenvalue weighted by atomic mass is 32.2. The molecule has 6 heteroatoms. The second-order valence-corrected chi connectivity index (χ2v) is 9.88. The standard InChI is InChI=1S/C23H31NO4S/c1-2-27-7-8-28-22(26)19-5-3-4-6-20(19)29-15-21(25)24-23-12-16-9-17(13-23)11-18(10-16)14-23/h3-6,16-18H,2,7-15H2,1H3,(H,24,25). The van der Waals surface area contributed by atoms with Crippen LogP contribution in [0, 0.1) is 17.8 Å². The molecule has 158 valence electrons. The van der Waals surface area contributed by atoms with Gasteiger partial charge in [0.05, 0.1) is 17.9 Å². The van der Waals surface area contributed by atoms with E-state index in [4.69, 9.17) is 9.47 Å². The molecule has 4 aliphatic rings. The average molecular weight is 418 g/mol. The van der Waals surface area contributed by atoms with E-state index < -0.39 is 0 Å². The minimum atomic E-state index is -0.366. The number of nitrogens with one attached hydrogen (secondary N) is 1. The number of thioether (sulfide) groups is 1. The number of amides is 1. The predicted molar refractivity (Wildman–Crippen MR) is 113 cm³/mol. The van der Waals surface area contributed by atoms with Gasteiger partial charge in [0, 0.05) is 17.0 Å². The van der Waals surface area contributed by atoms with E-state index in [1.807, 2.05) is 25.1 Å². The van der Waals surface area contributed by atoms with Gasteiger partial charge in [0.1, 0.15) is 6.61 Å². The van der Waals surface area contributed by atoms with E-state index >= 15 is 0 Å². The number of rotatable bonds is 9. The summed E-state index contributed by atoms with van der Waals surface area (Å²) < 4.78 is 10.5. The summed E-state index contributed by atoms with van der Waals surface area (Å²) in [5, 5.41) is 3.40. The highest BCUT2D eigenvalue weighted by molar-refractivity contribution is 8.00. The molecule has 0 spiro atoms. The first-order valence-corrected chi connectivity index (χ1v) is 11.8. The van der Waals surface area contributed by atoms with Crippen molar-refractivity contribution in [1.29, 1.82) is 0 Å². The van der Waals surface area contributed by atoms with Crippen molar-refractivity contribution in [3.05, 3.63) is 29.8 Å². The molecule has 4 bridgehead atoms. The van der Waals surface area contributed by atoms with Crippen molar-refractivity contribution in [1.82, 2.24) is 5.32 Å². The van der Waals surface area contributed by atoms with Crippen LogP contribution in [-0.4, -0.2) is 43.0 Å². The molecule has 0 atom stereocenters. The molecule has 0 aliphatic heterocycles. The van der Waals surface area contributed by atoms with Crippen LogP contribution >= 0.6 is 11.8 Å². The zero-order valence-corrected chi connectivity index (χ0v) is 18.0. The minimum Gasteiger partial charge on any atom is -0.460 e. The molecule has 1 aromatic rings. The normalized spacial score (nSPS) is 29.6. The SMILES string of the molecule is CCOCCOC(=O)c1ccccc1SCC(=O)NC12CC3CC(CC(C3)C1)C2. The zero-order chi connectivity index (χ0) is 20.3. The quantitative estimate of drug-likeness (QED) is 0.373. The third kappa shape index (κ3) is 4.97. The second-order valence-electron chi connectivity index (χ2n) is 8.86. The number of hydrogen-bond donors (Lipinski definition) is 1. The lowest BCUT2D eigenvalue weighted by Crippen LogP contribution is -2.60. The van der Waals surface area contributed by atoms with Crippen molar-refractivity contribution in [3.63, 3.8) is 0 Å². The zero-order valence-electron chi connectivity index (χ0n) is 17.2. The molecule has 1 N–H and O–H groups in total. The first-order chi connectivity index (χ1) is 14.1. The van der Waals surface area contributed by atoms with Gasteiger partial charge in [-0.05, 0) is 75.3 Å². The fourth-order valence-corrected chi connectivity index (χ4v) is 6.76. The van der Waals surface area contributed by atoms with Crippen LogP contribution in [0.4, 0.5) is 0 Å². The number of ether oxygens (including phenoxy) is 2. The van der Waals surface area contributed by atoms with Crippen molar-refractivity contribution in [2.24, 2.45) is 17.8 Å². The number of carbonyl (C=O) groups excluding carboxylic acids is 2. The maximum Gasteiger partial charge on any atom is 0.339 e. The van der Waals surface area contributed by atoms with Crippen LogP contribution in [0.5, 0.6) is 0 Å². The molecule has 4 fully saturated rings. The van der Waals surface area contributed by atoms with Crippen molar-refractivity contribution < 1.29 is 19.1 Å². The molecule has 1 amide bonds. The second kappa shape index (κ2) is 9.09. The Hall–Kier alpha value is -1.53. The van der Waals surface area contributed by atoms with Crippen LogP contribution in [0.1, 0.15) is 55.8 Å². The third-order valence-electron chi connectivity index (χ3n) is 6.57. The molecule has 0 radical (unpaired) electrons. The fourth-order valence-electron chi connectivity index (χ4n) is 5.92.